The molecule has 0 saturated heterocycles. The third kappa shape index (κ3) is 3.83. The van der Waals surface area contributed by atoms with Crippen LogP contribution >= 0.6 is 0 Å². The van der Waals surface area contributed by atoms with Crippen LogP contribution in [0, 0.1) is 6.92 Å². The molecule has 1 aromatic rings. The highest BCUT2D eigenvalue weighted by molar-refractivity contribution is 5.49. The summed E-state index contributed by atoms with van der Waals surface area (Å²) < 4.78 is 5.33. The molecular formula is C13H22N2O. The van der Waals surface area contributed by atoms with E-state index < -0.39 is 0 Å². The van der Waals surface area contributed by atoms with Gasteiger partial charge in [0.1, 0.15) is 0 Å². The number of likely N-dealkylation sites (N-methyl/N-ethyl adjacent to an activating group) is 1. The number of hydrogen-bond acceptors (Lipinski definition) is 3. The number of nitrogen functional groups attached to an aromatic ring is 1. The predicted octanol–water partition coefficient (Wildman–Crippen LogP) is 2.05. The molecule has 0 heterocycles. The van der Waals surface area contributed by atoms with Crippen molar-refractivity contribution >= 4 is 5.69 Å². The van der Waals surface area contributed by atoms with E-state index in [1.54, 1.807) is 0 Å². The summed E-state index contributed by atoms with van der Waals surface area (Å²) in [6.45, 7) is 7.52. The molecule has 1 aromatic carbocycles. The first-order valence-corrected chi connectivity index (χ1v) is 5.75. The molecule has 0 spiro atoms. The zero-order chi connectivity index (χ0) is 12.0. The van der Waals surface area contributed by atoms with Crippen molar-refractivity contribution in [3.05, 3.63) is 29.3 Å². The van der Waals surface area contributed by atoms with Crippen LogP contribution in [0.5, 0.6) is 0 Å². The fraction of sp³-hybridized carbons (Fsp3) is 0.538. The molecule has 0 unspecified atom stereocenters. The Morgan fingerprint density at radius 1 is 1.38 bits per heavy atom. The van der Waals surface area contributed by atoms with E-state index in [0.29, 0.717) is 0 Å². The van der Waals surface area contributed by atoms with Gasteiger partial charge in [-0.1, -0.05) is 12.1 Å². The maximum Gasteiger partial charge on any atom is 0.0593 e. The quantitative estimate of drug-likeness (QED) is 0.591. The van der Waals surface area contributed by atoms with Gasteiger partial charge in [0.2, 0.25) is 0 Å². The summed E-state index contributed by atoms with van der Waals surface area (Å²) in [6.07, 6.45) is 0. The van der Waals surface area contributed by atoms with Gasteiger partial charge in [0, 0.05) is 25.4 Å². The molecule has 2 N–H and O–H groups in total. The number of benzene rings is 1. The Labute approximate surface area is 98.2 Å². The highest BCUT2D eigenvalue weighted by Gasteiger charge is 2.04. The van der Waals surface area contributed by atoms with Crippen molar-refractivity contribution in [2.75, 3.05) is 32.5 Å². The first kappa shape index (κ1) is 13.0. The number of ether oxygens (including phenoxy) is 1. The van der Waals surface area contributed by atoms with E-state index >= 15 is 0 Å². The van der Waals surface area contributed by atoms with Crippen molar-refractivity contribution in [3.63, 3.8) is 0 Å². The van der Waals surface area contributed by atoms with Crippen LogP contribution in [0.25, 0.3) is 0 Å². The molecule has 0 radical (unpaired) electrons. The summed E-state index contributed by atoms with van der Waals surface area (Å²) in [4.78, 5) is 2.25. The van der Waals surface area contributed by atoms with E-state index in [2.05, 4.69) is 24.9 Å². The van der Waals surface area contributed by atoms with Crippen LogP contribution in [-0.2, 0) is 11.3 Å². The second kappa shape index (κ2) is 6.51. The molecule has 1 rings (SSSR count). The molecule has 0 fully saturated rings. The maximum absolute atomic E-state index is 5.87. The van der Waals surface area contributed by atoms with Crippen LogP contribution in [0.1, 0.15) is 18.1 Å². The van der Waals surface area contributed by atoms with Crippen LogP contribution in [0.2, 0.25) is 0 Å². The second-order valence-corrected chi connectivity index (χ2v) is 4.07. The van der Waals surface area contributed by atoms with Gasteiger partial charge < -0.3 is 10.5 Å². The molecule has 0 amide bonds. The number of nitrogens with zero attached hydrogens (tertiary/aromatic N) is 1. The summed E-state index contributed by atoms with van der Waals surface area (Å²) in [7, 11) is 2.10. The number of nitrogens with two attached hydrogens (primary N) is 1. The Morgan fingerprint density at radius 3 is 2.81 bits per heavy atom. The lowest BCUT2D eigenvalue weighted by Gasteiger charge is -2.18. The third-order valence-corrected chi connectivity index (χ3v) is 2.75. The Balaban J connectivity index is 2.49. The molecule has 0 aliphatic rings. The summed E-state index contributed by atoms with van der Waals surface area (Å²) in [5.41, 5.74) is 9.22. The van der Waals surface area contributed by atoms with Crippen LogP contribution in [0.15, 0.2) is 18.2 Å². The van der Waals surface area contributed by atoms with Gasteiger partial charge in [-0.15, -0.1) is 0 Å². The predicted molar refractivity (Wildman–Crippen MR) is 68.4 cm³/mol. The largest absolute Gasteiger partial charge is 0.399 e. The summed E-state index contributed by atoms with van der Waals surface area (Å²) >= 11 is 0. The van der Waals surface area contributed by atoms with Crippen LogP contribution in [0.4, 0.5) is 5.69 Å². The smallest absolute Gasteiger partial charge is 0.0593 e. The first-order valence-electron chi connectivity index (χ1n) is 5.75. The average molecular weight is 222 g/mol. The van der Waals surface area contributed by atoms with Gasteiger partial charge in [-0.05, 0) is 38.1 Å². The van der Waals surface area contributed by atoms with Gasteiger partial charge in [0.15, 0.2) is 0 Å². The van der Waals surface area contributed by atoms with Crippen molar-refractivity contribution in [2.24, 2.45) is 0 Å². The SMILES string of the molecule is CCOCCN(C)Cc1cccc(N)c1C. The molecular weight excluding hydrogens is 200 g/mol. The monoisotopic (exact) mass is 222 g/mol. The molecule has 0 bridgehead atoms. The van der Waals surface area contributed by atoms with Crippen molar-refractivity contribution in [1.82, 2.24) is 4.90 Å². The Kier molecular flexibility index (Phi) is 5.29. The van der Waals surface area contributed by atoms with E-state index in [9.17, 15) is 0 Å². The van der Waals surface area contributed by atoms with E-state index in [1.165, 1.54) is 11.1 Å². The fourth-order valence-electron chi connectivity index (χ4n) is 1.61. The minimum absolute atomic E-state index is 0.783. The number of anilines is 1. The Morgan fingerprint density at radius 2 is 2.12 bits per heavy atom. The lowest BCUT2D eigenvalue weighted by molar-refractivity contribution is 0.120. The third-order valence-electron chi connectivity index (χ3n) is 2.75. The van der Waals surface area contributed by atoms with Gasteiger partial charge in [0.05, 0.1) is 6.61 Å². The molecule has 0 saturated carbocycles. The highest BCUT2D eigenvalue weighted by Crippen LogP contribution is 2.16. The van der Waals surface area contributed by atoms with Crippen LogP contribution < -0.4 is 5.73 Å². The molecule has 0 atom stereocenters. The lowest BCUT2D eigenvalue weighted by Crippen LogP contribution is -2.23. The normalized spacial score (nSPS) is 11.0. The first-order chi connectivity index (χ1) is 7.65. The fourth-order valence-corrected chi connectivity index (χ4v) is 1.61. The molecule has 0 aliphatic heterocycles. The highest BCUT2D eigenvalue weighted by atomic mass is 16.5. The van der Waals surface area contributed by atoms with Gasteiger partial charge in [0.25, 0.3) is 0 Å². The number of hydrogen-bond donors (Lipinski definition) is 1. The molecule has 0 aromatic heterocycles. The summed E-state index contributed by atoms with van der Waals surface area (Å²) in [5.74, 6) is 0. The molecule has 3 nitrogen and oxygen atoms in total. The standard InChI is InChI=1S/C13H22N2O/c1-4-16-9-8-15(3)10-12-6-5-7-13(14)11(12)2/h5-7H,4,8-10,14H2,1-3H3. The van der Waals surface area contributed by atoms with Gasteiger partial charge in [-0.3, -0.25) is 4.90 Å². The van der Waals surface area contributed by atoms with Crippen molar-refractivity contribution in [3.8, 4) is 0 Å². The van der Waals surface area contributed by atoms with E-state index in [1.807, 2.05) is 19.1 Å². The van der Waals surface area contributed by atoms with E-state index in [0.717, 1.165) is 32.0 Å². The molecule has 16 heavy (non-hydrogen) atoms. The van der Waals surface area contributed by atoms with Crippen molar-refractivity contribution in [1.29, 1.82) is 0 Å². The zero-order valence-corrected chi connectivity index (χ0v) is 10.5. The van der Waals surface area contributed by atoms with Gasteiger partial charge >= 0.3 is 0 Å². The lowest BCUT2D eigenvalue weighted by atomic mass is 10.1. The van der Waals surface area contributed by atoms with Crippen LogP contribution in [-0.4, -0.2) is 31.7 Å². The molecule has 90 valence electrons. The second-order valence-electron chi connectivity index (χ2n) is 4.07. The average Bonchev–Trinajstić information content (AvgIpc) is 2.25. The molecule has 3 heteroatoms. The van der Waals surface area contributed by atoms with Gasteiger partial charge in [-0.2, -0.15) is 0 Å². The Bertz CT molecular complexity index is 326. The number of rotatable bonds is 6. The summed E-state index contributed by atoms with van der Waals surface area (Å²) in [6, 6.07) is 6.08. The van der Waals surface area contributed by atoms with Crippen molar-refractivity contribution in [2.45, 2.75) is 20.4 Å². The Hall–Kier alpha value is -1.06. The maximum atomic E-state index is 5.87. The molecule has 0 aliphatic carbocycles. The topological polar surface area (TPSA) is 38.5 Å². The van der Waals surface area contributed by atoms with Crippen LogP contribution in [0.3, 0.4) is 0 Å². The van der Waals surface area contributed by atoms with E-state index in [4.69, 9.17) is 10.5 Å². The van der Waals surface area contributed by atoms with Crippen molar-refractivity contribution < 1.29 is 4.74 Å². The minimum Gasteiger partial charge on any atom is -0.399 e. The minimum atomic E-state index is 0.783. The van der Waals surface area contributed by atoms with Gasteiger partial charge in [-0.25, -0.2) is 0 Å². The zero-order valence-electron chi connectivity index (χ0n) is 10.5. The summed E-state index contributed by atoms with van der Waals surface area (Å²) in [5, 5.41) is 0. The van der Waals surface area contributed by atoms with E-state index in [-0.39, 0.29) is 0 Å².